The van der Waals surface area contributed by atoms with Gasteiger partial charge in [0.25, 0.3) is 0 Å². The molecule has 0 N–H and O–H groups in total. The average molecular weight is 245 g/mol. The molecule has 1 nitrogen and oxygen atoms in total. The lowest BCUT2D eigenvalue weighted by Gasteiger charge is -1.99. The third-order valence-corrected chi connectivity index (χ3v) is 2.49. The highest BCUT2D eigenvalue weighted by atomic mass is 127. The molecule has 0 atom stereocenters. The minimum absolute atomic E-state index is 1.05. The molecule has 0 aliphatic carbocycles. The van der Waals surface area contributed by atoms with Crippen molar-refractivity contribution in [2.45, 2.75) is 6.92 Å². The Morgan fingerprint density at radius 2 is 2.40 bits per heavy atom. The van der Waals surface area contributed by atoms with E-state index in [1.54, 1.807) is 6.20 Å². The monoisotopic (exact) mass is 245 g/mol. The highest BCUT2D eigenvalue weighted by Crippen LogP contribution is 2.13. The Morgan fingerprint density at radius 3 is 2.90 bits per heavy atom. The normalized spacial score (nSPS) is 9.40. The van der Waals surface area contributed by atoms with E-state index in [2.05, 4.69) is 34.2 Å². The molecule has 52 valence electrons. The van der Waals surface area contributed by atoms with E-state index in [-0.39, 0.29) is 0 Å². The van der Waals surface area contributed by atoms with E-state index in [0.717, 1.165) is 3.70 Å². The second-order valence-electron chi connectivity index (χ2n) is 2.02. The van der Waals surface area contributed by atoms with Crippen molar-refractivity contribution in [1.29, 1.82) is 0 Å². The Balaban J connectivity index is 3.27. The summed E-state index contributed by atoms with van der Waals surface area (Å²) < 4.78 is 1.05. The summed E-state index contributed by atoms with van der Waals surface area (Å²) in [7, 11) is 0. The average Bonchev–Trinajstić information content (AvgIpc) is 1.95. The van der Waals surface area contributed by atoms with Crippen LogP contribution in [0, 0.1) is 10.6 Å². The molecule has 1 aromatic heterocycles. The predicted octanol–water partition coefficient (Wildman–Crippen LogP) is 2.64. The van der Waals surface area contributed by atoms with Gasteiger partial charge in [-0.25, -0.2) is 0 Å². The zero-order chi connectivity index (χ0) is 7.56. The third-order valence-electron chi connectivity index (χ3n) is 1.40. The van der Waals surface area contributed by atoms with Gasteiger partial charge in [0.1, 0.15) is 3.70 Å². The molecule has 0 unspecified atom stereocenters. The summed E-state index contributed by atoms with van der Waals surface area (Å²) >= 11 is 2.21. The van der Waals surface area contributed by atoms with E-state index in [9.17, 15) is 0 Å². The zero-order valence-electron chi connectivity index (χ0n) is 5.76. The first-order valence-electron chi connectivity index (χ1n) is 2.99. The molecular weight excluding hydrogens is 237 g/mol. The molecule has 0 aromatic carbocycles. The Labute approximate surface area is 74.3 Å². The van der Waals surface area contributed by atoms with Crippen molar-refractivity contribution in [2.75, 3.05) is 0 Å². The van der Waals surface area contributed by atoms with E-state index in [1.807, 2.05) is 19.1 Å². The van der Waals surface area contributed by atoms with Crippen LogP contribution in [0.3, 0.4) is 0 Å². The van der Waals surface area contributed by atoms with E-state index >= 15 is 0 Å². The smallest absolute Gasteiger partial charge is 0.104 e. The van der Waals surface area contributed by atoms with E-state index in [0.29, 0.717) is 0 Å². The molecule has 0 fully saturated rings. The summed E-state index contributed by atoms with van der Waals surface area (Å²) in [6, 6.07) is 1.96. The first-order chi connectivity index (χ1) is 4.75. The summed E-state index contributed by atoms with van der Waals surface area (Å²) in [5, 5.41) is 0. The van der Waals surface area contributed by atoms with E-state index in [1.165, 1.54) is 11.1 Å². The van der Waals surface area contributed by atoms with E-state index < -0.39 is 0 Å². The van der Waals surface area contributed by atoms with Gasteiger partial charge in [0.2, 0.25) is 0 Å². The summed E-state index contributed by atoms with van der Waals surface area (Å²) in [4.78, 5) is 4.13. The lowest BCUT2D eigenvalue weighted by Crippen LogP contribution is -1.87. The molecular formula is C8H8IN. The van der Waals surface area contributed by atoms with Crippen molar-refractivity contribution >= 4 is 28.7 Å². The number of aromatic nitrogens is 1. The van der Waals surface area contributed by atoms with Crippen molar-refractivity contribution in [3.8, 4) is 0 Å². The summed E-state index contributed by atoms with van der Waals surface area (Å²) in [6.45, 7) is 5.75. The van der Waals surface area contributed by atoms with Crippen molar-refractivity contribution in [2.24, 2.45) is 0 Å². The number of nitrogens with zero attached hydrogens (tertiary/aromatic N) is 1. The Morgan fingerprint density at radius 1 is 1.70 bits per heavy atom. The Bertz CT molecular complexity index is 255. The Hall–Kier alpha value is -0.380. The van der Waals surface area contributed by atoms with Gasteiger partial charge < -0.3 is 0 Å². The van der Waals surface area contributed by atoms with Crippen molar-refractivity contribution in [3.05, 3.63) is 33.7 Å². The van der Waals surface area contributed by atoms with Crippen molar-refractivity contribution < 1.29 is 0 Å². The SMILES string of the molecule is C=Cc1ccnc(I)c1C. The predicted molar refractivity (Wildman–Crippen MR) is 51.8 cm³/mol. The Kier molecular flexibility index (Phi) is 2.43. The van der Waals surface area contributed by atoms with Crippen molar-refractivity contribution in [3.63, 3.8) is 0 Å². The molecule has 10 heavy (non-hydrogen) atoms. The number of hydrogen-bond donors (Lipinski definition) is 0. The second kappa shape index (κ2) is 3.14. The molecule has 0 saturated carbocycles. The van der Waals surface area contributed by atoms with Gasteiger partial charge in [-0.2, -0.15) is 0 Å². The van der Waals surface area contributed by atoms with Crippen LogP contribution >= 0.6 is 22.6 Å². The van der Waals surface area contributed by atoms with Crippen LogP contribution in [0.15, 0.2) is 18.8 Å². The van der Waals surface area contributed by atoms with Gasteiger partial charge in [0.05, 0.1) is 0 Å². The minimum atomic E-state index is 1.05. The second-order valence-corrected chi connectivity index (χ2v) is 3.04. The highest BCUT2D eigenvalue weighted by molar-refractivity contribution is 14.1. The van der Waals surface area contributed by atoms with Gasteiger partial charge in [-0.3, -0.25) is 4.98 Å². The van der Waals surface area contributed by atoms with Crippen LogP contribution in [0.5, 0.6) is 0 Å². The lowest BCUT2D eigenvalue weighted by molar-refractivity contribution is 1.20. The largest absolute Gasteiger partial charge is 0.250 e. The van der Waals surface area contributed by atoms with Crippen LogP contribution in [0.25, 0.3) is 6.08 Å². The van der Waals surface area contributed by atoms with Gasteiger partial charge in [0, 0.05) is 6.20 Å². The quantitative estimate of drug-likeness (QED) is 0.547. The highest BCUT2D eigenvalue weighted by Gasteiger charge is 1.96. The molecule has 0 spiro atoms. The minimum Gasteiger partial charge on any atom is -0.250 e. The fourth-order valence-electron chi connectivity index (χ4n) is 0.745. The maximum atomic E-state index is 4.13. The van der Waals surface area contributed by atoms with Crippen LogP contribution in [-0.2, 0) is 0 Å². The summed E-state index contributed by atoms with van der Waals surface area (Å²) in [5.41, 5.74) is 2.37. The van der Waals surface area contributed by atoms with Gasteiger partial charge in [0.15, 0.2) is 0 Å². The fraction of sp³-hybridized carbons (Fsp3) is 0.125. The molecule has 0 amide bonds. The summed E-state index contributed by atoms with van der Waals surface area (Å²) in [5.74, 6) is 0. The third kappa shape index (κ3) is 1.37. The molecule has 0 saturated heterocycles. The number of pyridine rings is 1. The van der Waals surface area contributed by atoms with Gasteiger partial charge in [-0.05, 0) is 46.7 Å². The molecule has 0 bridgehead atoms. The maximum Gasteiger partial charge on any atom is 0.104 e. The van der Waals surface area contributed by atoms with Crippen LogP contribution in [0.2, 0.25) is 0 Å². The van der Waals surface area contributed by atoms with Crippen molar-refractivity contribution in [1.82, 2.24) is 4.98 Å². The maximum absolute atomic E-state index is 4.13. The topological polar surface area (TPSA) is 12.9 Å². The standard InChI is InChI=1S/C8H8IN/c1-3-7-4-5-10-8(9)6(7)2/h3-5H,1H2,2H3. The van der Waals surface area contributed by atoms with Crippen LogP contribution in [0.4, 0.5) is 0 Å². The van der Waals surface area contributed by atoms with Crippen LogP contribution in [-0.4, -0.2) is 4.98 Å². The molecule has 0 aliphatic heterocycles. The fourth-order valence-corrected chi connectivity index (χ4v) is 1.22. The lowest BCUT2D eigenvalue weighted by atomic mass is 10.2. The van der Waals surface area contributed by atoms with Crippen LogP contribution in [0.1, 0.15) is 11.1 Å². The number of rotatable bonds is 1. The molecule has 1 rings (SSSR count). The number of hydrogen-bond acceptors (Lipinski definition) is 1. The van der Waals surface area contributed by atoms with Crippen LogP contribution < -0.4 is 0 Å². The molecule has 0 aliphatic rings. The van der Waals surface area contributed by atoms with Gasteiger partial charge >= 0.3 is 0 Å². The first-order valence-corrected chi connectivity index (χ1v) is 4.07. The first kappa shape index (κ1) is 7.72. The molecule has 2 heteroatoms. The number of halogens is 1. The summed E-state index contributed by atoms with van der Waals surface area (Å²) in [6.07, 6.45) is 3.64. The van der Waals surface area contributed by atoms with Gasteiger partial charge in [-0.1, -0.05) is 12.7 Å². The molecule has 1 aromatic rings. The van der Waals surface area contributed by atoms with Gasteiger partial charge in [-0.15, -0.1) is 0 Å². The van der Waals surface area contributed by atoms with E-state index in [4.69, 9.17) is 0 Å². The molecule has 1 heterocycles. The zero-order valence-corrected chi connectivity index (χ0v) is 7.92. The molecule has 0 radical (unpaired) electrons.